The van der Waals surface area contributed by atoms with Crippen molar-refractivity contribution in [2.24, 2.45) is 0 Å². The molecule has 2 aromatic carbocycles. The van der Waals surface area contributed by atoms with Gasteiger partial charge in [0.1, 0.15) is 5.82 Å². The van der Waals surface area contributed by atoms with Crippen LogP contribution in [0.2, 0.25) is 0 Å². The highest BCUT2D eigenvalue weighted by Gasteiger charge is 2.20. The van der Waals surface area contributed by atoms with Crippen LogP contribution < -0.4 is 0 Å². The Labute approximate surface area is 155 Å². The summed E-state index contributed by atoms with van der Waals surface area (Å²) in [7, 11) is 0. The van der Waals surface area contributed by atoms with Crippen molar-refractivity contribution >= 4 is 10.9 Å². The van der Waals surface area contributed by atoms with E-state index in [4.69, 9.17) is 0 Å². The minimum atomic E-state index is -0.140. The third-order valence-corrected chi connectivity index (χ3v) is 5.69. The minimum absolute atomic E-state index is 0.140. The highest BCUT2D eigenvalue weighted by atomic mass is 19.1. The molecule has 1 aliphatic heterocycles. The average molecular weight is 350 g/mol. The van der Waals surface area contributed by atoms with Crippen molar-refractivity contribution in [2.75, 3.05) is 19.6 Å². The summed E-state index contributed by atoms with van der Waals surface area (Å²) >= 11 is 0. The largest absolute Gasteiger partial charge is 0.361 e. The Bertz CT molecular complexity index is 837. The number of rotatable bonds is 6. The lowest BCUT2D eigenvalue weighted by atomic mass is 9.90. The molecule has 1 saturated heterocycles. The van der Waals surface area contributed by atoms with Crippen molar-refractivity contribution in [1.29, 1.82) is 0 Å². The van der Waals surface area contributed by atoms with Crippen LogP contribution >= 0.6 is 0 Å². The van der Waals surface area contributed by atoms with E-state index < -0.39 is 0 Å². The second-order valence-electron chi connectivity index (χ2n) is 7.51. The number of fused-ring (bicyclic) bond motifs is 1. The highest BCUT2D eigenvalue weighted by molar-refractivity contribution is 5.82. The van der Waals surface area contributed by atoms with Gasteiger partial charge in [-0.15, -0.1) is 0 Å². The molecule has 2 heterocycles. The van der Waals surface area contributed by atoms with Crippen LogP contribution in [0, 0.1) is 5.82 Å². The first-order valence-corrected chi connectivity index (χ1v) is 9.82. The van der Waals surface area contributed by atoms with Gasteiger partial charge < -0.3 is 9.88 Å². The zero-order valence-corrected chi connectivity index (χ0v) is 15.3. The molecule has 0 amide bonds. The van der Waals surface area contributed by atoms with Gasteiger partial charge in [0.15, 0.2) is 0 Å². The molecule has 1 fully saturated rings. The van der Waals surface area contributed by atoms with Gasteiger partial charge in [-0.1, -0.05) is 30.3 Å². The Hall–Kier alpha value is -2.13. The maximum Gasteiger partial charge on any atom is 0.123 e. The first kappa shape index (κ1) is 17.3. The van der Waals surface area contributed by atoms with Crippen LogP contribution in [0.1, 0.15) is 42.7 Å². The fraction of sp³-hybridized carbons (Fsp3) is 0.391. The fourth-order valence-electron chi connectivity index (χ4n) is 4.25. The molecule has 4 rings (SSSR count). The summed E-state index contributed by atoms with van der Waals surface area (Å²) < 4.78 is 13.1. The molecular formula is C23H27FN2. The van der Waals surface area contributed by atoms with Crippen LogP contribution in [0.3, 0.4) is 0 Å². The normalized spacial score (nSPS) is 18.4. The second-order valence-corrected chi connectivity index (χ2v) is 7.51. The van der Waals surface area contributed by atoms with Gasteiger partial charge in [-0.2, -0.15) is 0 Å². The van der Waals surface area contributed by atoms with Gasteiger partial charge in [-0.25, -0.2) is 4.39 Å². The summed E-state index contributed by atoms with van der Waals surface area (Å²) in [6.07, 6.45) is 8.21. The third-order valence-electron chi connectivity index (χ3n) is 5.69. The maximum atomic E-state index is 13.1. The molecule has 1 aliphatic rings. The molecule has 3 aromatic rings. The lowest BCUT2D eigenvalue weighted by Gasteiger charge is -2.33. The number of aryl methyl sites for hydroxylation is 1. The maximum absolute atomic E-state index is 13.1. The number of H-pyrrole nitrogens is 1. The van der Waals surface area contributed by atoms with E-state index in [9.17, 15) is 4.39 Å². The number of likely N-dealkylation sites (tertiary alicyclic amines) is 1. The molecule has 0 aliphatic carbocycles. The molecule has 3 heteroatoms. The summed E-state index contributed by atoms with van der Waals surface area (Å²) in [5.74, 6) is 0.414. The van der Waals surface area contributed by atoms with E-state index in [0.717, 1.165) is 13.0 Å². The van der Waals surface area contributed by atoms with Gasteiger partial charge in [-0.3, -0.25) is 0 Å². The van der Waals surface area contributed by atoms with E-state index in [-0.39, 0.29) is 5.82 Å². The molecule has 0 spiro atoms. The van der Waals surface area contributed by atoms with Crippen LogP contribution in [0.15, 0.2) is 54.7 Å². The molecule has 0 radical (unpaired) electrons. The van der Waals surface area contributed by atoms with E-state index in [1.54, 1.807) is 12.1 Å². The standard InChI is InChI=1S/C23H27FN2/c24-21-12-10-18(11-13-21)20-7-5-15-26(17-20)14-4-3-6-19-16-25-23-9-2-1-8-22(19)23/h1-2,8-13,16,20,25H,3-7,14-15,17H2. The Morgan fingerprint density at radius 1 is 1.04 bits per heavy atom. The van der Waals surface area contributed by atoms with Crippen LogP contribution in [0.5, 0.6) is 0 Å². The molecule has 1 aromatic heterocycles. The molecular weight excluding hydrogens is 323 g/mol. The van der Waals surface area contributed by atoms with Crippen LogP contribution in [-0.4, -0.2) is 29.5 Å². The number of hydrogen-bond acceptors (Lipinski definition) is 1. The van der Waals surface area contributed by atoms with Crippen LogP contribution in [0.4, 0.5) is 4.39 Å². The zero-order valence-electron chi connectivity index (χ0n) is 15.3. The van der Waals surface area contributed by atoms with Crippen molar-refractivity contribution in [3.8, 4) is 0 Å². The summed E-state index contributed by atoms with van der Waals surface area (Å²) in [4.78, 5) is 5.96. The number of unbranched alkanes of at least 4 members (excludes halogenated alkanes) is 1. The predicted molar refractivity (Wildman–Crippen MR) is 106 cm³/mol. The van der Waals surface area contributed by atoms with Crippen molar-refractivity contribution in [3.63, 3.8) is 0 Å². The fourth-order valence-corrected chi connectivity index (χ4v) is 4.25. The average Bonchev–Trinajstić information content (AvgIpc) is 3.09. The first-order chi connectivity index (χ1) is 12.8. The van der Waals surface area contributed by atoms with E-state index in [1.807, 2.05) is 12.1 Å². The quantitative estimate of drug-likeness (QED) is 0.581. The Balaban J connectivity index is 1.26. The summed E-state index contributed by atoms with van der Waals surface area (Å²) in [5.41, 5.74) is 3.96. The molecule has 0 bridgehead atoms. The lowest BCUT2D eigenvalue weighted by molar-refractivity contribution is 0.204. The molecule has 1 N–H and O–H groups in total. The molecule has 2 nitrogen and oxygen atoms in total. The van der Waals surface area contributed by atoms with Crippen LogP contribution in [-0.2, 0) is 6.42 Å². The van der Waals surface area contributed by atoms with E-state index >= 15 is 0 Å². The number of piperidine rings is 1. The van der Waals surface area contributed by atoms with Gasteiger partial charge in [0.05, 0.1) is 0 Å². The SMILES string of the molecule is Fc1ccc(C2CCCN(CCCCc3c[nH]c4ccccc34)C2)cc1. The number of para-hydroxylation sites is 1. The summed E-state index contributed by atoms with van der Waals surface area (Å²) in [6.45, 7) is 3.48. The Morgan fingerprint density at radius 2 is 1.88 bits per heavy atom. The summed E-state index contributed by atoms with van der Waals surface area (Å²) in [6, 6.07) is 15.6. The number of nitrogens with one attached hydrogen (secondary N) is 1. The Kier molecular flexibility index (Phi) is 5.35. The molecule has 26 heavy (non-hydrogen) atoms. The molecule has 1 atom stereocenters. The highest BCUT2D eigenvalue weighted by Crippen LogP contribution is 2.27. The molecule has 0 saturated carbocycles. The monoisotopic (exact) mass is 350 g/mol. The van der Waals surface area contributed by atoms with Crippen molar-refractivity contribution < 1.29 is 4.39 Å². The number of aromatic amines is 1. The van der Waals surface area contributed by atoms with Crippen molar-refractivity contribution in [1.82, 2.24) is 9.88 Å². The van der Waals surface area contributed by atoms with E-state index in [2.05, 4.69) is 40.3 Å². The smallest absolute Gasteiger partial charge is 0.123 e. The number of hydrogen-bond donors (Lipinski definition) is 1. The van der Waals surface area contributed by atoms with Crippen molar-refractivity contribution in [3.05, 3.63) is 71.7 Å². The van der Waals surface area contributed by atoms with E-state index in [1.165, 1.54) is 60.8 Å². The van der Waals surface area contributed by atoms with E-state index in [0.29, 0.717) is 5.92 Å². The van der Waals surface area contributed by atoms with Crippen molar-refractivity contribution in [2.45, 2.75) is 38.0 Å². The van der Waals surface area contributed by atoms with Gasteiger partial charge in [0, 0.05) is 23.6 Å². The third kappa shape index (κ3) is 3.99. The number of aromatic nitrogens is 1. The van der Waals surface area contributed by atoms with Gasteiger partial charge in [-0.05, 0) is 80.4 Å². The van der Waals surface area contributed by atoms with Gasteiger partial charge >= 0.3 is 0 Å². The predicted octanol–water partition coefficient (Wildman–Crippen LogP) is 5.51. The molecule has 1 unspecified atom stereocenters. The van der Waals surface area contributed by atoms with Crippen LogP contribution in [0.25, 0.3) is 10.9 Å². The lowest BCUT2D eigenvalue weighted by Crippen LogP contribution is -2.35. The van der Waals surface area contributed by atoms with Gasteiger partial charge in [0.25, 0.3) is 0 Å². The Morgan fingerprint density at radius 3 is 2.77 bits per heavy atom. The van der Waals surface area contributed by atoms with Gasteiger partial charge in [0.2, 0.25) is 0 Å². The minimum Gasteiger partial charge on any atom is -0.361 e. The topological polar surface area (TPSA) is 19.0 Å². The number of nitrogens with zero attached hydrogens (tertiary/aromatic N) is 1. The number of halogens is 1. The second kappa shape index (κ2) is 8.05. The first-order valence-electron chi connectivity index (χ1n) is 9.82. The molecule has 136 valence electrons. The number of benzene rings is 2. The summed E-state index contributed by atoms with van der Waals surface area (Å²) in [5, 5.41) is 1.36. The zero-order chi connectivity index (χ0) is 17.8.